The number of aliphatic carboxylic acids is 1. The molecule has 0 heterocycles. The normalized spacial score (nSPS) is 15.2. The fraction of sp³-hybridized carbons (Fsp3) is 0.500. The van der Waals surface area contributed by atoms with Gasteiger partial charge in [0.2, 0.25) is 0 Å². The van der Waals surface area contributed by atoms with Crippen LogP contribution in [-0.2, 0) is 14.6 Å². The van der Waals surface area contributed by atoms with E-state index < -0.39 is 21.8 Å². The van der Waals surface area contributed by atoms with Crippen molar-refractivity contribution in [2.75, 3.05) is 11.9 Å². The Bertz CT molecular complexity index is 724. The number of urea groups is 1. The van der Waals surface area contributed by atoms with E-state index in [2.05, 4.69) is 10.6 Å². The van der Waals surface area contributed by atoms with Gasteiger partial charge in [-0.25, -0.2) is 13.2 Å². The number of anilines is 1. The van der Waals surface area contributed by atoms with E-state index in [1.54, 1.807) is 19.1 Å². The molecule has 1 aromatic carbocycles. The highest BCUT2D eigenvalue weighted by molar-refractivity contribution is 7.92. The van der Waals surface area contributed by atoms with Crippen molar-refractivity contribution in [3.8, 4) is 0 Å². The van der Waals surface area contributed by atoms with Gasteiger partial charge < -0.3 is 15.7 Å². The lowest BCUT2D eigenvalue weighted by molar-refractivity contribution is -0.136. The van der Waals surface area contributed by atoms with Gasteiger partial charge in [0.15, 0.2) is 9.84 Å². The van der Waals surface area contributed by atoms with Crippen molar-refractivity contribution >= 4 is 27.5 Å². The summed E-state index contributed by atoms with van der Waals surface area (Å²) >= 11 is 0. The third kappa shape index (κ3) is 4.47. The summed E-state index contributed by atoms with van der Waals surface area (Å²) in [6.07, 6.45) is 3.02. The Morgan fingerprint density at radius 1 is 1.25 bits per heavy atom. The lowest BCUT2D eigenvalue weighted by Gasteiger charge is -2.15. The second-order valence-electron chi connectivity index (χ2n) is 5.96. The molecule has 0 aliphatic heterocycles. The van der Waals surface area contributed by atoms with Gasteiger partial charge >= 0.3 is 12.0 Å². The van der Waals surface area contributed by atoms with Crippen LogP contribution in [-0.4, -0.2) is 37.3 Å². The van der Waals surface area contributed by atoms with Gasteiger partial charge in [-0.1, -0.05) is 18.9 Å². The second-order valence-corrected chi connectivity index (χ2v) is 8.15. The highest BCUT2D eigenvalue weighted by Gasteiger charge is 2.31. The third-order valence-corrected chi connectivity index (χ3v) is 6.52. The summed E-state index contributed by atoms with van der Waals surface area (Å²) in [5, 5.41) is 13.1. The number of carbonyl (C=O) groups excluding carboxylic acids is 1. The number of aryl methyl sites for hydroxylation is 1. The van der Waals surface area contributed by atoms with E-state index >= 15 is 0 Å². The first-order valence-corrected chi connectivity index (χ1v) is 9.46. The van der Waals surface area contributed by atoms with E-state index in [1.165, 1.54) is 6.07 Å². The number of carboxylic acids is 1. The molecule has 0 unspecified atom stereocenters. The zero-order valence-corrected chi connectivity index (χ0v) is 14.4. The van der Waals surface area contributed by atoms with E-state index in [4.69, 9.17) is 5.11 Å². The molecule has 8 heteroatoms. The maximum Gasteiger partial charge on any atom is 0.319 e. The van der Waals surface area contributed by atoms with Crippen LogP contribution in [0.4, 0.5) is 10.5 Å². The molecule has 1 aromatic rings. The van der Waals surface area contributed by atoms with Gasteiger partial charge in [0, 0.05) is 12.2 Å². The number of sulfone groups is 1. The second kappa shape index (κ2) is 7.65. The molecule has 3 N–H and O–H groups in total. The first-order chi connectivity index (χ1) is 11.3. The van der Waals surface area contributed by atoms with Gasteiger partial charge in [0.05, 0.1) is 16.6 Å². The first kappa shape index (κ1) is 18.3. The monoisotopic (exact) mass is 354 g/mol. The van der Waals surface area contributed by atoms with E-state index in [0.29, 0.717) is 24.1 Å². The topological polar surface area (TPSA) is 113 Å². The molecular formula is C16H22N2O5S. The minimum atomic E-state index is -3.41. The summed E-state index contributed by atoms with van der Waals surface area (Å²) in [6, 6.07) is 4.19. The van der Waals surface area contributed by atoms with E-state index in [1.807, 2.05) is 0 Å². The summed E-state index contributed by atoms with van der Waals surface area (Å²) in [4.78, 5) is 22.4. The summed E-state index contributed by atoms with van der Waals surface area (Å²) in [7, 11) is -3.41. The van der Waals surface area contributed by atoms with Crippen molar-refractivity contribution in [1.82, 2.24) is 5.32 Å². The van der Waals surface area contributed by atoms with Crippen LogP contribution in [0.5, 0.6) is 0 Å². The van der Waals surface area contributed by atoms with Crippen LogP contribution in [0.15, 0.2) is 23.1 Å². The number of hydrogen-bond acceptors (Lipinski definition) is 4. The van der Waals surface area contributed by atoms with Gasteiger partial charge in [-0.2, -0.15) is 0 Å². The largest absolute Gasteiger partial charge is 0.481 e. The number of carbonyl (C=O) groups is 2. The molecule has 132 valence electrons. The van der Waals surface area contributed by atoms with Crippen LogP contribution in [0.3, 0.4) is 0 Å². The van der Waals surface area contributed by atoms with Crippen molar-refractivity contribution in [3.63, 3.8) is 0 Å². The van der Waals surface area contributed by atoms with Crippen molar-refractivity contribution in [1.29, 1.82) is 0 Å². The number of nitrogens with one attached hydrogen (secondary N) is 2. The van der Waals surface area contributed by atoms with E-state index in [9.17, 15) is 18.0 Å². The average molecular weight is 354 g/mol. The number of hydrogen-bond donors (Lipinski definition) is 3. The molecule has 0 saturated heterocycles. The molecule has 7 nitrogen and oxygen atoms in total. The summed E-state index contributed by atoms with van der Waals surface area (Å²) in [6.45, 7) is 1.73. The van der Waals surface area contributed by atoms with Crippen molar-refractivity contribution in [3.05, 3.63) is 23.8 Å². The van der Waals surface area contributed by atoms with E-state index in [-0.39, 0.29) is 23.1 Å². The Morgan fingerprint density at radius 3 is 2.54 bits per heavy atom. The number of amides is 2. The maximum atomic E-state index is 12.7. The molecule has 0 atom stereocenters. The lowest BCUT2D eigenvalue weighted by Crippen LogP contribution is -2.30. The molecule has 0 bridgehead atoms. The van der Waals surface area contributed by atoms with Crippen molar-refractivity contribution < 1.29 is 23.1 Å². The summed E-state index contributed by atoms with van der Waals surface area (Å²) in [5.74, 6) is -1.00. The predicted molar refractivity (Wildman–Crippen MR) is 89.9 cm³/mol. The van der Waals surface area contributed by atoms with Crippen LogP contribution >= 0.6 is 0 Å². The molecule has 2 rings (SSSR count). The molecule has 2 amide bonds. The fourth-order valence-electron chi connectivity index (χ4n) is 2.82. The number of benzene rings is 1. The Balaban J connectivity index is 2.11. The fourth-order valence-corrected chi connectivity index (χ4v) is 4.94. The minimum absolute atomic E-state index is 0.000256. The first-order valence-electron chi connectivity index (χ1n) is 7.92. The Hall–Kier alpha value is -2.09. The van der Waals surface area contributed by atoms with Gasteiger partial charge in [-0.15, -0.1) is 0 Å². The zero-order valence-electron chi connectivity index (χ0n) is 13.5. The maximum absolute atomic E-state index is 12.7. The van der Waals surface area contributed by atoms with Crippen molar-refractivity contribution in [2.24, 2.45) is 0 Å². The van der Waals surface area contributed by atoms with Crippen LogP contribution in [0.25, 0.3) is 0 Å². The van der Waals surface area contributed by atoms with Gasteiger partial charge in [-0.05, 0) is 37.5 Å². The lowest BCUT2D eigenvalue weighted by atomic mass is 10.2. The third-order valence-electron chi connectivity index (χ3n) is 4.12. The molecule has 1 saturated carbocycles. The quantitative estimate of drug-likeness (QED) is 0.725. The van der Waals surface area contributed by atoms with Crippen LogP contribution in [0, 0.1) is 6.92 Å². The molecule has 1 aliphatic rings. The minimum Gasteiger partial charge on any atom is -0.481 e. The Labute approximate surface area is 141 Å². The summed E-state index contributed by atoms with van der Waals surface area (Å²) < 4.78 is 25.5. The molecule has 0 spiro atoms. The smallest absolute Gasteiger partial charge is 0.319 e. The predicted octanol–water partition coefficient (Wildman–Crippen LogP) is 2.31. The number of rotatable bonds is 6. The molecule has 24 heavy (non-hydrogen) atoms. The molecular weight excluding hydrogens is 332 g/mol. The van der Waals surface area contributed by atoms with Crippen molar-refractivity contribution in [2.45, 2.75) is 49.2 Å². The van der Waals surface area contributed by atoms with Gasteiger partial charge in [-0.3, -0.25) is 4.79 Å². The highest BCUT2D eigenvalue weighted by atomic mass is 32.2. The van der Waals surface area contributed by atoms with Crippen LogP contribution in [0.1, 0.15) is 37.7 Å². The molecule has 0 aromatic heterocycles. The van der Waals surface area contributed by atoms with Crippen LogP contribution in [0.2, 0.25) is 0 Å². The SMILES string of the molecule is Cc1ccc(NC(=O)NCCC(=O)O)cc1S(=O)(=O)C1CCCC1. The van der Waals surface area contributed by atoms with E-state index in [0.717, 1.165) is 12.8 Å². The van der Waals surface area contributed by atoms with Gasteiger partial charge in [0.25, 0.3) is 0 Å². The Morgan fingerprint density at radius 2 is 1.92 bits per heavy atom. The molecule has 1 fully saturated rings. The standard InChI is InChI=1S/C16H22N2O5S/c1-11-6-7-12(18-16(21)17-9-8-15(19)20)10-14(11)24(22,23)13-4-2-3-5-13/h6-7,10,13H,2-5,8-9H2,1H3,(H,19,20)(H2,17,18,21). The molecule has 1 aliphatic carbocycles. The zero-order chi connectivity index (χ0) is 17.7. The molecule has 0 radical (unpaired) electrons. The number of carboxylic acid groups (broad SMARTS) is 1. The van der Waals surface area contributed by atoms with Gasteiger partial charge in [0.1, 0.15) is 0 Å². The average Bonchev–Trinajstić information content (AvgIpc) is 3.03. The summed E-state index contributed by atoms with van der Waals surface area (Å²) in [5.41, 5.74) is 1.02. The Kier molecular flexibility index (Phi) is 5.82. The van der Waals surface area contributed by atoms with Crippen LogP contribution < -0.4 is 10.6 Å². The highest BCUT2D eigenvalue weighted by Crippen LogP contribution is 2.32.